The van der Waals surface area contributed by atoms with E-state index in [4.69, 9.17) is 0 Å². The zero-order chi connectivity index (χ0) is 17.6. The van der Waals surface area contributed by atoms with Crippen LogP contribution in [-0.2, 0) is 16.1 Å². The first-order chi connectivity index (χ1) is 12.1. The van der Waals surface area contributed by atoms with E-state index in [1.807, 2.05) is 0 Å². The van der Waals surface area contributed by atoms with Crippen LogP contribution in [0.5, 0.6) is 0 Å². The van der Waals surface area contributed by atoms with Crippen molar-refractivity contribution in [3.63, 3.8) is 0 Å². The molecule has 7 nitrogen and oxygen atoms in total. The number of rotatable bonds is 4. The molecule has 0 atom stereocenters. The fourth-order valence-corrected chi connectivity index (χ4v) is 3.04. The molecule has 3 rings (SSSR count). The first-order valence-electron chi connectivity index (χ1n) is 8.64. The Kier molecular flexibility index (Phi) is 5.42. The first kappa shape index (κ1) is 17.1. The number of nitrogens with zero attached hydrogens (tertiary/aromatic N) is 3. The maximum Gasteiger partial charge on any atom is 0.261 e. The number of carbonyl (C=O) groups is 2. The lowest BCUT2D eigenvalue weighted by atomic mass is 10.2. The summed E-state index contributed by atoms with van der Waals surface area (Å²) in [4.78, 5) is 42.6. The van der Waals surface area contributed by atoms with Crippen molar-refractivity contribution in [2.75, 3.05) is 19.6 Å². The zero-order valence-electron chi connectivity index (χ0n) is 14.1. The molecule has 0 spiro atoms. The maximum absolute atomic E-state index is 12.4. The van der Waals surface area contributed by atoms with E-state index in [9.17, 15) is 14.4 Å². The zero-order valence-corrected chi connectivity index (χ0v) is 14.1. The molecule has 132 valence electrons. The minimum absolute atomic E-state index is 0.0331. The van der Waals surface area contributed by atoms with Crippen LogP contribution in [-0.4, -0.2) is 45.9 Å². The van der Waals surface area contributed by atoms with E-state index in [1.54, 1.807) is 29.2 Å². The van der Waals surface area contributed by atoms with Crippen LogP contribution in [0.1, 0.15) is 25.7 Å². The average Bonchev–Trinajstić information content (AvgIpc) is 2.92. The van der Waals surface area contributed by atoms with Crippen molar-refractivity contribution in [2.45, 2.75) is 32.2 Å². The SMILES string of the molecule is O=C(Cn1cnc2ccccc2c1=O)NCC(=O)N1CCCCCC1. The number of carbonyl (C=O) groups excluding carboxylic acids is 2. The van der Waals surface area contributed by atoms with Gasteiger partial charge >= 0.3 is 0 Å². The van der Waals surface area contributed by atoms with Gasteiger partial charge in [-0.05, 0) is 25.0 Å². The summed E-state index contributed by atoms with van der Waals surface area (Å²) in [7, 11) is 0. The highest BCUT2D eigenvalue weighted by Gasteiger charge is 2.16. The van der Waals surface area contributed by atoms with Gasteiger partial charge in [-0.1, -0.05) is 25.0 Å². The molecule has 1 N–H and O–H groups in total. The predicted octanol–water partition coefficient (Wildman–Crippen LogP) is 0.915. The highest BCUT2D eigenvalue weighted by Crippen LogP contribution is 2.09. The Labute approximate surface area is 145 Å². The normalized spacial score (nSPS) is 15.0. The van der Waals surface area contributed by atoms with Crippen molar-refractivity contribution >= 4 is 22.7 Å². The minimum Gasteiger partial charge on any atom is -0.345 e. The lowest BCUT2D eigenvalue weighted by Crippen LogP contribution is -2.42. The summed E-state index contributed by atoms with van der Waals surface area (Å²) in [5.74, 6) is -0.443. The largest absolute Gasteiger partial charge is 0.345 e. The number of likely N-dealkylation sites (tertiary alicyclic amines) is 1. The van der Waals surface area contributed by atoms with Gasteiger partial charge in [0, 0.05) is 13.1 Å². The molecule has 1 aliphatic rings. The topological polar surface area (TPSA) is 84.3 Å². The van der Waals surface area contributed by atoms with Gasteiger partial charge in [-0.2, -0.15) is 0 Å². The van der Waals surface area contributed by atoms with Crippen molar-refractivity contribution in [1.29, 1.82) is 0 Å². The molecule has 25 heavy (non-hydrogen) atoms. The minimum atomic E-state index is -0.373. The summed E-state index contributed by atoms with van der Waals surface area (Å²) in [5.41, 5.74) is 0.333. The molecule has 2 heterocycles. The van der Waals surface area contributed by atoms with E-state index in [-0.39, 0.29) is 30.5 Å². The molecule has 0 saturated carbocycles. The van der Waals surface area contributed by atoms with E-state index in [0.29, 0.717) is 10.9 Å². The maximum atomic E-state index is 12.4. The Morgan fingerprint density at radius 3 is 2.56 bits per heavy atom. The van der Waals surface area contributed by atoms with Crippen LogP contribution in [0, 0.1) is 0 Å². The molecule has 2 amide bonds. The molecular weight excluding hydrogens is 320 g/mol. The van der Waals surface area contributed by atoms with Gasteiger partial charge in [0.15, 0.2) is 0 Å². The quantitative estimate of drug-likeness (QED) is 0.895. The average molecular weight is 342 g/mol. The van der Waals surface area contributed by atoms with Crippen molar-refractivity contribution in [2.24, 2.45) is 0 Å². The fraction of sp³-hybridized carbons (Fsp3) is 0.444. The van der Waals surface area contributed by atoms with E-state index in [0.717, 1.165) is 38.8 Å². The number of nitrogens with one attached hydrogen (secondary N) is 1. The van der Waals surface area contributed by atoms with Crippen LogP contribution in [0.2, 0.25) is 0 Å². The Hall–Kier alpha value is -2.70. The molecule has 1 aromatic carbocycles. The molecule has 0 bridgehead atoms. The summed E-state index contributed by atoms with van der Waals surface area (Å²) in [6.45, 7) is 1.32. The fourth-order valence-electron chi connectivity index (χ4n) is 3.04. The number of benzene rings is 1. The Bertz CT molecular complexity index is 822. The molecule has 1 aromatic heterocycles. The highest BCUT2D eigenvalue weighted by molar-refractivity contribution is 5.85. The van der Waals surface area contributed by atoms with E-state index < -0.39 is 0 Å². The molecule has 0 aliphatic carbocycles. The summed E-state index contributed by atoms with van der Waals surface area (Å²) in [6, 6.07) is 7.00. The third kappa shape index (κ3) is 4.23. The smallest absolute Gasteiger partial charge is 0.261 e. The van der Waals surface area contributed by atoms with Gasteiger partial charge in [0.25, 0.3) is 5.56 Å². The molecular formula is C18H22N4O3. The van der Waals surface area contributed by atoms with Crippen LogP contribution in [0.4, 0.5) is 0 Å². The first-order valence-corrected chi connectivity index (χ1v) is 8.64. The van der Waals surface area contributed by atoms with Gasteiger partial charge in [-0.25, -0.2) is 4.98 Å². The lowest BCUT2D eigenvalue weighted by molar-refractivity contribution is -0.133. The number of aromatic nitrogens is 2. The summed E-state index contributed by atoms with van der Waals surface area (Å²) < 4.78 is 1.26. The van der Waals surface area contributed by atoms with Crippen molar-refractivity contribution < 1.29 is 9.59 Å². The summed E-state index contributed by atoms with van der Waals surface area (Å²) in [5, 5.41) is 3.08. The van der Waals surface area contributed by atoms with Crippen LogP contribution in [0.3, 0.4) is 0 Å². The van der Waals surface area contributed by atoms with Gasteiger partial charge in [-0.15, -0.1) is 0 Å². The van der Waals surface area contributed by atoms with Gasteiger partial charge in [0.1, 0.15) is 6.54 Å². The number of para-hydroxylation sites is 1. The molecule has 1 aliphatic heterocycles. The van der Waals surface area contributed by atoms with Crippen molar-refractivity contribution in [3.05, 3.63) is 40.9 Å². The second-order valence-corrected chi connectivity index (χ2v) is 6.27. The standard InChI is InChI=1S/C18H22N4O3/c23-16(19-11-17(24)21-9-5-1-2-6-10-21)12-22-13-20-15-8-4-3-7-14(15)18(22)25/h3-4,7-8,13H,1-2,5-6,9-12H2,(H,19,23). The predicted molar refractivity (Wildman–Crippen MR) is 94.1 cm³/mol. The third-order valence-corrected chi connectivity index (χ3v) is 4.44. The molecule has 0 unspecified atom stereocenters. The van der Waals surface area contributed by atoms with Gasteiger partial charge in [-0.3, -0.25) is 19.0 Å². The van der Waals surface area contributed by atoms with Crippen molar-refractivity contribution in [3.8, 4) is 0 Å². The van der Waals surface area contributed by atoms with Crippen LogP contribution >= 0.6 is 0 Å². The number of amides is 2. The number of hydrogen-bond donors (Lipinski definition) is 1. The highest BCUT2D eigenvalue weighted by atomic mass is 16.2. The van der Waals surface area contributed by atoms with Crippen LogP contribution < -0.4 is 10.9 Å². The van der Waals surface area contributed by atoms with E-state index >= 15 is 0 Å². The van der Waals surface area contributed by atoms with Crippen LogP contribution in [0.25, 0.3) is 10.9 Å². The second kappa shape index (κ2) is 7.92. The molecule has 7 heteroatoms. The van der Waals surface area contributed by atoms with E-state index in [1.165, 1.54) is 10.9 Å². The number of fused-ring (bicyclic) bond motifs is 1. The third-order valence-electron chi connectivity index (χ3n) is 4.44. The molecule has 1 fully saturated rings. The van der Waals surface area contributed by atoms with E-state index in [2.05, 4.69) is 10.3 Å². The Balaban J connectivity index is 1.58. The van der Waals surface area contributed by atoms with Gasteiger partial charge in [0.05, 0.1) is 23.8 Å². The number of hydrogen-bond acceptors (Lipinski definition) is 4. The Morgan fingerprint density at radius 2 is 1.80 bits per heavy atom. The summed E-state index contributed by atoms with van der Waals surface area (Å²) >= 11 is 0. The monoisotopic (exact) mass is 342 g/mol. The van der Waals surface area contributed by atoms with Gasteiger partial charge in [0.2, 0.25) is 11.8 Å². The molecule has 2 aromatic rings. The summed E-state index contributed by atoms with van der Waals surface area (Å²) in [6.07, 6.45) is 5.68. The lowest BCUT2D eigenvalue weighted by Gasteiger charge is -2.20. The molecule has 1 saturated heterocycles. The second-order valence-electron chi connectivity index (χ2n) is 6.27. The van der Waals surface area contributed by atoms with Crippen LogP contribution in [0.15, 0.2) is 35.4 Å². The van der Waals surface area contributed by atoms with Gasteiger partial charge < -0.3 is 10.2 Å². The van der Waals surface area contributed by atoms with Crippen molar-refractivity contribution in [1.82, 2.24) is 19.8 Å². The molecule has 0 radical (unpaired) electrons. The Morgan fingerprint density at radius 1 is 1.08 bits per heavy atom.